The number of aromatic nitrogens is 3. The van der Waals surface area contributed by atoms with Crippen LogP contribution in [0.15, 0.2) is 29.4 Å². The number of hydrogen-bond donors (Lipinski definition) is 1. The molecule has 0 saturated heterocycles. The fourth-order valence-electron chi connectivity index (χ4n) is 2.73. The van der Waals surface area contributed by atoms with Crippen LogP contribution >= 0.6 is 11.8 Å². The van der Waals surface area contributed by atoms with Crippen molar-refractivity contribution < 1.29 is 9.53 Å². The smallest absolute Gasteiger partial charge is 0.230 e. The molecule has 7 heteroatoms. The second kappa shape index (κ2) is 8.19. The third-order valence-electron chi connectivity index (χ3n) is 4.03. The normalized spacial score (nSPS) is 13.9. The SMILES string of the molecule is COc1cccc(CNC(=O)CSc2nnc3n2CCCCC3)c1. The van der Waals surface area contributed by atoms with Crippen molar-refractivity contribution in [3.8, 4) is 5.75 Å². The molecule has 0 unspecified atom stereocenters. The third kappa shape index (κ3) is 4.29. The zero-order chi connectivity index (χ0) is 16.8. The molecule has 2 aromatic rings. The zero-order valence-corrected chi connectivity index (χ0v) is 14.6. The number of benzene rings is 1. The van der Waals surface area contributed by atoms with Gasteiger partial charge in [0.05, 0.1) is 12.9 Å². The van der Waals surface area contributed by atoms with Crippen molar-refractivity contribution in [2.24, 2.45) is 0 Å². The van der Waals surface area contributed by atoms with Gasteiger partial charge < -0.3 is 14.6 Å². The van der Waals surface area contributed by atoms with Gasteiger partial charge in [-0.15, -0.1) is 10.2 Å². The van der Waals surface area contributed by atoms with Crippen LogP contribution in [0.2, 0.25) is 0 Å². The van der Waals surface area contributed by atoms with Gasteiger partial charge in [-0.3, -0.25) is 4.79 Å². The number of carbonyl (C=O) groups is 1. The highest BCUT2D eigenvalue weighted by Gasteiger charge is 2.15. The average molecular weight is 346 g/mol. The van der Waals surface area contributed by atoms with E-state index in [2.05, 4.69) is 20.1 Å². The third-order valence-corrected chi connectivity index (χ3v) is 5.00. The Morgan fingerprint density at radius 2 is 2.25 bits per heavy atom. The lowest BCUT2D eigenvalue weighted by molar-refractivity contribution is -0.118. The van der Waals surface area contributed by atoms with Crippen molar-refractivity contribution in [1.82, 2.24) is 20.1 Å². The molecule has 6 nitrogen and oxygen atoms in total. The van der Waals surface area contributed by atoms with Crippen molar-refractivity contribution in [3.05, 3.63) is 35.7 Å². The van der Waals surface area contributed by atoms with E-state index < -0.39 is 0 Å². The van der Waals surface area contributed by atoms with E-state index in [1.807, 2.05) is 24.3 Å². The summed E-state index contributed by atoms with van der Waals surface area (Å²) >= 11 is 1.45. The molecule has 1 aliphatic heterocycles. The molecule has 2 heterocycles. The van der Waals surface area contributed by atoms with Crippen molar-refractivity contribution in [2.45, 2.75) is 43.9 Å². The molecule has 128 valence electrons. The number of nitrogens with one attached hydrogen (secondary N) is 1. The summed E-state index contributed by atoms with van der Waals surface area (Å²) in [6, 6.07) is 7.69. The molecule has 0 aliphatic carbocycles. The number of fused-ring (bicyclic) bond motifs is 1. The fraction of sp³-hybridized carbons (Fsp3) is 0.471. The molecule has 1 amide bonds. The maximum Gasteiger partial charge on any atom is 0.230 e. The minimum Gasteiger partial charge on any atom is -0.497 e. The number of hydrogen-bond acceptors (Lipinski definition) is 5. The van der Waals surface area contributed by atoms with E-state index >= 15 is 0 Å². The van der Waals surface area contributed by atoms with E-state index in [4.69, 9.17) is 4.74 Å². The van der Waals surface area contributed by atoms with E-state index in [9.17, 15) is 4.79 Å². The van der Waals surface area contributed by atoms with Gasteiger partial charge in [0.15, 0.2) is 5.16 Å². The minimum absolute atomic E-state index is 0.00575. The van der Waals surface area contributed by atoms with Gasteiger partial charge in [0.25, 0.3) is 0 Å². The lowest BCUT2D eigenvalue weighted by atomic mass is 10.2. The summed E-state index contributed by atoms with van der Waals surface area (Å²) in [6.45, 7) is 1.45. The van der Waals surface area contributed by atoms with Gasteiger partial charge in [0.2, 0.25) is 5.91 Å². The van der Waals surface area contributed by atoms with Gasteiger partial charge in [-0.2, -0.15) is 0 Å². The van der Waals surface area contributed by atoms with Crippen molar-refractivity contribution in [1.29, 1.82) is 0 Å². The molecule has 0 spiro atoms. The molecule has 0 saturated carbocycles. The Morgan fingerprint density at radius 1 is 1.33 bits per heavy atom. The first-order chi connectivity index (χ1) is 11.8. The summed E-state index contributed by atoms with van der Waals surface area (Å²) in [5.74, 6) is 2.19. The molecular formula is C17H22N4O2S. The molecule has 1 aromatic heterocycles. The molecule has 0 fully saturated rings. The van der Waals surface area contributed by atoms with Crippen LogP contribution < -0.4 is 10.1 Å². The van der Waals surface area contributed by atoms with Crippen LogP contribution in [0.4, 0.5) is 0 Å². The number of carbonyl (C=O) groups excluding carboxylic acids is 1. The fourth-order valence-corrected chi connectivity index (χ4v) is 3.54. The van der Waals surface area contributed by atoms with Crippen LogP contribution in [0.5, 0.6) is 5.75 Å². The lowest BCUT2D eigenvalue weighted by Crippen LogP contribution is -2.24. The minimum atomic E-state index is -0.00575. The lowest BCUT2D eigenvalue weighted by Gasteiger charge is -2.08. The van der Waals surface area contributed by atoms with Crippen molar-refractivity contribution in [3.63, 3.8) is 0 Å². The van der Waals surface area contributed by atoms with Crippen LogP contribution in [0.25, 0.3) is 0 Å². The van der Waals surface area contributed by atoms with Crippen LogP contribution in [0, 0.1) is 0 Å². The Morgan fingerprint density at radius 3 is 3.12 bits per heavy atom. The average Bonchev–Trinajstić information content (AvgIpc) is 2.84. The highest BCUT2D eigenvalue weighted by molar-refractivity contribution is 7.99. The predicted octanol–water partition coefficient (Wildman–Crippen LogP) is 2.42. The monoisotopic (exact) mass is 346 g/mol. The molecule has 0 radical (unpaired) electrons. The first-order valence-electron chi connectivity index (χ1n) is 8.21. The van der Waals surface area contributed by atoms with E-state index in [0.717, 1.165) is 41.7 Å². The number of rotatable bonds is 6. The van der Waals surface area contributed by atoms with Crippen LogP contribution in [-0.2, 0) is 24.3 Å². The summed E-state index contributed by atoms with van der Waals surface area (Å²) in [7, 11) is 1.63. The van der Waals surface area contributed by atoms with Crippen LogP contribution in [-0.4, -0.2) is 33.5 Å². The number of thioether (sulfide) groups is 1. The second-order valence-corrected chi connectivity index (χ2v) is 6.72. The molecular weight excluding hydrogens is 324 g/mol. The molecule has 1 aliphatic rings. The Hall–Kier alpha value is -2.02. The second-order valence-electron chi connectivity index (χ2n) is 5.78. The number of methoxy groups -OCH3 is 1. The summed E-state index contributed by atoms with van der Waals surface area (Å²) < 4.78 is 7.35. The number of nitrogens with zero attached hydrogens (tertiary/aromatic N) is 3. The van der Waals surface area contributed by atoms with E-state index in [1.54, 1.807) is 7.11 Å². The maximum atomic E-state index is 12.1. The Kier molecular flexibility index (Phi) is 5.74. The van der Waals surface area contributed by atoms with Crippen LogP contribution in [0.1, 0.15) is 30.7 Å². The van der Waals surface area contributed by atoms with Crippen molar-refractivity contribution >= 4 is 17.7 Å². The molecule has 0 atom stereocenters. The molecule has 1 aromatic carbocycles. The first kappa shape index (κ1) is 16.8. The number of aryl methyl sites for hydroxylation is 1. The Balaban J connectivity index is 1.50. The van der Waals surface area contributed by atoms with Gasteiger partial charge in [0.1, 0.15) is 11.6 Å². The number of ether oxygens (including phenoxy) is 1. The van der Waals surface area contributed by atoms with E-state index in [0.29, 0.717) is 12.3 Å². The highest BCUT2D eigenvalue weighted by Crippen LogP contribution is 2.21. The van der Waals surface area contributed by atoms with Gasteiger partial charge in [-0.1, -0.05) is 30.3 Å². The number of amides is 1. The van der Waals surface area contributed by atoms with Crippen molar-refractivity contribution in [2.75, 3.05) is 12.9 Å². The molecule has 24 heavy (non-hydrogen) atoms. The zero-order valence-electron chi connectivity index (χ0n) is 13.8. The topological polar surface area (TPSA) is 69.0 Å². The summed E-state index contributed by atoms with van der Waals surface area (Å²) in [4.78, 5) is 12.1. The largest absolute Gasteiger partial charge is 0.497 e. The maximum absolute atomic E-state index is 12.1. The van der Waals surface area contributed by atoms with E-state index in [-0.39, 0.29) is 5.91 Å². The summed E-state index contributed by atoms with van der Waals surface area (Å²) in [6.07, 6.45) is 4.54. The summed E-state index contributed by atoms with van der Waals surface area (Å²) in [5.41, 5.74) is 1.02. The van der Waals surface area contributed by atoms with Gasteiger partial charge >= 0.3 is 0 Å². The first-order valence-corrected chi connectivity index (χ1v) is 9.19. The predicted molar refractivity (Wildman–Crippen MR) is 93.1 cm³/mol. The van der Waals surface area contributed by atoms with Gasteiger partial charge in [-0.25, -0.2) is 0 Å². The van der Waals surface area contributed by atoms with Gasteiger partial charge in [-0.05, 0) is 30.5 Å². The standard InChI is InChI=1S/C17H22N4O2S/c1-23-14-7-5-6-13(10-14)11-18-16(22)12-24-17-20-19-15-8-3-2-4-9-21(15)17/h5-7,10H,2-4,8-9,11-12H2,1H3,(H,18,22). The summed E-state index contributed by atoms with van der Waals surface area (Å²) in [5, 5.41) is 12.3. The molecule has 3 rings (SSSR count). The quantitative estimate of drug-likeness (QED) is 0.814. The molecule has 0 bridgehead atoms. The van der Waals surface area contributed by atoms with Gasteiger partial charge in [0, 0.05) is 19.5 Å². The van der Waals surface area contributed by atoms with Crippen LogP contribution in [0.3, 0.4) is 0 Å². The highest BCUT2D eigenvalue weighted by atomic mass is 32.2. The Bertz CT molecular complexity index is 702. The molecule has 1 N–H and O–H groups in total. The Labute approximate surface area is 146 Å². The van der Waals surface area contributed by atoms with E-state index in [1.165, 1.54) is 24.6 Å².